The number of rotatable bonds is 1. The second-order valence-electron chi connectivity index (χ2n) is 2.70. The molecule has 0 spiro atoms. The third-order valence-electron chi connectivity index (χ3n) is 1.62. The molecule has 1 rings (SSSR count). The van der Waals surface area contributed by atoms with Crippen molar-refractivity contribution in [3.63, 3.8) is 0 Å². The van der Waals surface area contributed by atoms with E-state index < -0.39 is 12.0 Å². The van der Waals surface area contributed by atoms with Gasteiger partial charge >= 0.3 is 6.09 Å². The third kappa shape index (κ3) is 2.82. The van der Waals surface area contributed by atoms with E-state index in [1.165, 1.54) is 0 Å². The summed E-state index contributed by atoms with van der Waals surface area (Å²) in [5.74, 6) is 7.53. The van der Waals surface area contributed by atoms with Gasteiger partial charge in [0.15, 0.2) is 5.69 Å². The minimum Gasteiger partial charge on any atom is -0.383 e. The molecule has 4 N–H and O–H groups in total. The van der Waals surface area contributed by atoms with Crippen LogP contribution in [0.15, 0.2) is 6.33 Å². The van der Waals surface area contributed by atoms with Crippen molar-refractivity contribution in [2.75, 3.05) is 5.73 Å². The second kappa shape index (κ2) is 5.64. The number of primary amides is 1. The Balaban J connectivity index is 2.83. The van der Waals surface area contributed by atoms with Gasteiger partial charge in [-0.15, -0.1) is 6.42 Å². The molecule has 1 aromatic rings. The molecule has 1 amide bonds. The van der Waals surface area contributed by atoms with Gasteiger partial charge in [-0.3, -0.25) is 4.79 Å². The van der Waals surface area contributed by atoms with Crippen LogP contribution in [-0.2, 0) is 4.74 Å². The molecule has 0 aliphatic heterocycles. The lowest BCUT2D eigenvalue weighted by Crippen LogP contribution is -2.17. The maximum absolute atomic E-state index is 11.4. The highest BCUT2D eigenvalue weighted by Crippen LogP contribution is 2.09. The smallest absolute Gasteiger partial charge is 0.383 e. The molecule has 0 radical (unpaired) electrons. The van der Waals surface area contributed by atoms with E-state index in [0.717, 1.165) is 10.9 Å². The molecule has 0 unspecified atom stereocenters. The highest BCUT2D eigenvalue weighted by atomic mass is 16.5. The van der Waals surface area contributed by atoms with Gasteiger partial charge in [0.25, 0.3) is 5.91 Å². The fourth-order valence-electron chi connectivity index (χ4n) is 0.904. The minimum atomic E-state index is -0.942. The summed E-state index contributed by atoms with van der Waals surface area (Å²) in [5, 5.41) is 0. The third-order valence-corrected chi connectivity index (χ3v) is 1.62. The fourth-order valence-corrected chi connectivity index (χ4v) is 0.904. The molecule has 0 aliphatic carbocycles. The highest BCUT2D eigenvalue weighted by molar-refractivity contribution is 5.96. The van der Waals surface area contributed by atoms with Crippen LogP contribution in [0.5, 0.6) is 0 Å². The standard InChI is InChI=1S/C11H6N4O3/c1-2-3-4-5-6-18-11(17)15-7-14-8(9(15)12)10(13)16/h1,7H,12H2,(H2,13,16). The Morgan fingerprint density at radius 3 is 2.67 bits per heavy atom. The van der Waals surface area contributed by atoms with Crippen LogP contribution in [0.1, 0.15) is 10.5 Å². The molecule has 7 heteroatoms. The Bertz CT molecular complexity index is 658. The van der Waals surface area contributed by atoms with Gasteiger partial charge in [-0.1, -0.05) is 0 Å². The van der Waals surface area contributed by atoms with E-state index in [2.05, 4.69) is 27.5 Å². The summed E-state index contributed by atoms with van der Waals surface area (Å²) < 4.78 is 5.25. The summed E-state index contributed by atoms with van der Waals surface area (Å²) in [6.45, 7) is 0. The Kier molecular flexibility index (Phi) is 3.98. The summed E-state index contributed by atoms with van der Waals surface area (Å²) in [6.07, 6.45) is 6.89. The maximum Gasteiger partial charge on any atom is 0.435 e. The van der Waals surface area contributed by atoms with Crippen LogP contribution >= 0.6 is 0 Å². The first kappa shape index (κ1) is 12.7. The first-order valence-electron chi connectivity index (χ1n) is 4.37. The maximum atomic E-state index is 11.4. The van der Waals surface area contributed by atoms with E-state index in [0.29, 0.717) is 0 Å². The molecule has 0 aromatic carbocycles. The van der Waals surface area contributed by atoms with E-state index in [4.69, 9.17) is 17.9 Å². The largest absolute Gasteiger partial charge is 0.435 e. The van der Waals surface area contributed by atoms with Crippen molar-refractivity contribution in [2.24, 2.45) is 5.73 Å². The van der Waals surface area contributed by atoms with Gasteiger partial charge in [0.1, 0.15) is 18.3 Å². The first-order chi connectivity index (χ1) is 8.57. The highest BCUT2D eigenvalue weighted by Gasteiger charge is 2.17. The second-order valence-corrected chi connectivity index (χ2v) is 2.70. The van der Waals surface area contributed by atoms with Crippen LogP contribution in [0.4, 0.5) is 10.6 Å². The van der Waals surface area contributed by atoms with Gasteiger partial charge in [-0.05, 0) is 11.8 Å². The van der Waals surface area contributed by atoms with Crippen molar-refractivity contribution in [1.82, 2.24) is 9.55 Å². The number of nitrogens with zero attached hydrogens (tertiary/aromatic N) is 2. The van der Waals surface area contributed by atoms with E-state index in [9.17, 15) is 9.59 Å². The SMILES string of the molecule is C#CC#CC#COC(=O)n1cnc(C(N)=O)c1N. The topological polar surface area (TPSA) is 113 Å². The van der Waals surface area contributed by atoms with Crippen LogP contribution in [0, 0.1) is 36.2 Å². The molecule has 0 fully saturated rings. The van der Waals surface area contributed by atoms with Crippen molar-refractivity contribution in [3.05, 3.63) is 12.0 Å². The van der Waals surface area contributed by atoms with Crippen molar-refractivity contribution >= 4 is 17.8 Å². The summed E-state index contributed by atoms with van der Waals surface area (Å²) in [5.41, 5.74) is 10.2. The van der Waals surface area contributed by atoms with E-state index in [1.807, 2.05) is 12.0 Å². The number of hydrogen-bond acceptors (Lipinski definition) is 5. The van der Waals surface area contributed by atoms with Crippen LogP contribution in [0.2, 0.25) is 0 Å². The van der Waals surface area contributed by atoms with E-state index in [-0.39, 0.29) is 11.5 Å². The Hall–Kier alpha value is -3.37. The van der Waals surface area contributed by atoms with Crippen molar-refractivity contribution in [1.29, 1.82) is 0 Å². The number of amides is 1. The zero-order valence-corrected chi connectivity index (χ0v) is 8.93. The van der Waals surface area contributed by atoms with Crippen LogP contribution in [0.3, 0.4) is 0 Å². The zero-order valence-electron chi connectivity index (χ0n) is 8.93. The molecule has 7 nitrogen and oxygen atoms in total. The van der Waals surface area contributed by atoms with E-state index >= 15 is 0 Å². The molecule has 0 saturated carbocycles. The molecule has 0 atom stereocenters. The lowest BCUT2D eigenvalue weighted by Gasteiger charge is -1.99. The minimum absolute atomic E-state index is 0.230. The van der Waals surface area contributed by atoms with Crippen LogP contribution in [-0.4, -0.2) is 21.6 Å². The number of aromatic nitrogens is 2. The quantitative estimate of drug-likeness (QED) is 0.622. The Labute approximate surface area is 102 Å². The predicted molar refractivity (Wildman–Crippen MR) is 61.4 cm³/mol. The number of nitrogens with two attached hydrogens (primary N) is 2. The Morgan fingerprint density at radius 1 is 1.39 bits per heavy atom. The van der Waals surface area contributed by atoms with E-state index in [1.54, 1.807) is 0 Å². The molecular weight excluding hydrogens is 236 g/mol. The summed E-state index contributed by atoms with van der Waals surface area (Å²) in [6, 6.07) is 0. The van der Waals surface area contributed by atoms with Gasteiger partial charge < -0.3 is 16.2 Å². The molecule has 18 heavy (non-hydrogen) atoms. The number of hydrogen-bond donors (Lipinski definition) is 2. The van der Waals surface area contributed by atoms with Gasteiger partial charge in [-0.25, -0.2) is 14.3 Å². The lowest BCUT2D eigenvalue weighted by atomic mass is 10.4. The normalized spacial score (nSPS) is 7.94. The Morgan fingerprint density at radius 2 is 2.11 bits per heavy atom. The number of ether oxygens (including phenoxy) is 1. The van der Waals surface area contributed by atoms with Gasteiger partial charge in [0.2, 0.25) is 0 Å². The number of nitrogen functional groups attached to an aromatic ring is 1. The number of imidazole rings is 1. The zero-order chi connectivity index (χ0) is 13.5. The van der Waals surface area contributed by atoms with Crippen LogP contribution < -0.4 is 11.5 Å². The average molecular weight is 242 g/mol. The molecule has 1 aromatic heterocycles. The van der Waals surface area contributed by atoms with Crippen LogP contribution in [0.25, 0.3) is 0 Å². The molecule has 88 valence electrons. The average Bonchev–Trinajstić information content (AvgIpc) is 2.70. The lowest BCUT2D eigenvalue weighted by molar-refractivity contribution is 0.0997. The monoisotopic (exact) mass is 242 g/mol. The number of carbonyl (C=O) groups excluding carboxylic acids is 2. The molecule has 0 saturated heterocycles. The predicted octanol–water partition coefficient (Wildman–Crippen LogP) is -0.854. The number of anilines is 1. The van der Waals surface area contributed by atoms with Gasteiger partial charge in [0, 0.05) is 11.8 Å². The summed E-state index contributed by atoms with van der Waals surface area (Å²) in [4.78, 5) is 25.8. The summed E-state index contributed by atoms with van der Waals surface area (Å²) >= 11 is 0. The first-order valence-corrected chi connectivity index (χ1v) is 4.37. The number of terminal acetylenes is 1. The van der Waals surface area contributed by atoms with Gasteiger partial charge in [0.05, 0.1) is 0 Å². The molecule has 0 aliphatic rings. The number of carbonyl (C=O) groups is 2. The summed E-state index contributed by atoms with van der Waals surface area (Å²) in [7, 11) is 0. The van der Waals surface area contributed by atoms with Crippen molar-refractivity contribution < 1.29 is 14.3 Å². The fraction of sp³-hybridized carbons (Fsp3) is 0. The van der Waals surface area contributed by atoms with Crippen molar-refractivity contribution in [2.45, 2.75) is 0 Å². The molecule has 0 bridgehead atoms. The molecule has 1 heterocycles. The van der Waals surface area contributed by atoms with Gasteiger partial charge in [-0.2, -0.15) is 0 Å². The van der Waals surface area contributed by atoms with Crippen molar-refractivity contribution in [3.8, 4) is 36.2 Å². The molecular formula is C11H6N4O3.